The minimum atomic E-state index is 0.160. The van der Waals surface area contributed by atoms with Gasteiger partial charge in [-0.1, -0.05) is 39.5 Å². The van der Waals surface area contributed by atoms with E-state index in [2.05, 4.69) is 51.4 Å². The third kappa shape index (κ3) is 1.44. The molecule has 1 aromatic carbocycles. The molecule has 1 spiro atoms. The molecule has 4 aliphatic rings. The van der Waals surface area contributed by atoms with Crippen molar-refractivity contribution in [1.29, 1.82) is 0 Å². The van der Waals surface area contributed by atoms with Gasteiger partial charge in [-0.15, -0.1) is 0 Å². The van der Waals surface area contributed by atoms with Gasteiger partial charge in [0.2, 0.25) is 0 Å². The van der Waals surface area contributed by atoms with E-state index in [1.807, 2.05) is 0 Å². The van der Waals surface area contributed by atoms with Gasteiger partial charge < -0.3 is 9.64 Å². The summed E-state index contributed by atoms with van der Waals surface area (Å²) in [4.78, 5) is 2.62. The monoisotopic (exact) mass is 323 g/mol. The number of hydrogen-bond donors (Lipinski definition) is 0. The lowest BCUT2D eigenvalue weighted by molar-refractivity contribution is -0.0898. The van der Waals surface area contributed by atoms with Gasteiger partial charge in [0.1, 0.15) is 11.9 Å². The van der Waals surface area contributed by atoms with Crippen LogP contribution in [0.1, 0.15) is 62.6 Å². The molecular formula is C22H29NO. The molecule has 5 rings (SSSR count). The molecule has 0 amide bonds. The molecule has 1 saturated heterocycles. The Bertz CT molecular complexity index is 751. The lowest BCUT2D eigenvalue weighted by atomic mass is 9.44. The van der Waals surface area contributed by atoms with Crippen LogP contribution in [0.3, 0.4) is 0 Å². The van der Waals surface area contributed by atoms with E-state index in [0.717, 1.165) is 6.42 Å². The zero-order chi connectivity index (χ0) is 16.9. The molecule has 2 nitrogen and oxygen atoms in total. The topological polar surface area (TPSA) is 12.5 Å². The largest absolute Gasteiger partial charge is 0.485 e. The summed E-state index contributed by atoms with van der Waals surface area (Å²) in [6.07, 6.45) is 4.96. The smallest absolute Gasteiger partial charge is 0.130 e. The fourth-order valence-corrected chi connectivity index (χ4v) is 6.61. The molecule has 1 saturated carbocycles. The quantitative estimate of drug-likeness (QED) is 0.709. The van der Waals surface area contributed by atoms with Crippen molar-refractivity contribution < 1.29 is 4.74 Å². The van der Waals surface area contributed by atoms with Crippen LogP contribution in [0.5, 0.6) is 5.75 Å². The first-order valence-corrected chi connectivity index (χ1v) is 9.61. The molecule has 4 unspecified atom stereocenters. The summed E-state index contributed by atoms with van der Waals surface area (Å²) in [6.45, 7) is 12.8. The van der Waals surface area contributed by atoms with Gasteiger partial charge >= 0.3 is 0 Å². The number of piperidine rings is 1. The highest BCUT2D eigenvalue weighted by atomic mass is 16.5. The first kappa shape index (κ1) is 15.0. The van der Waals surface area contributed by atoms with E-state index in [9.17, 15) is 0 Å². The number of ether oxygens (including phenoxy) is 1. The summed E-state index contributed by atoms with van der Waals surface area (Å²) in [5, 5.41) is 0. The van der Waals surface area contributed by atoms with Crippen molar-refractivity contribution in [2.75, 3.05) is 13.6 Å². The zero-order valence-corrected chi connectivity index (χ0v) is 15.5. The number of hydrogen-bond acceptors (Lipinski definition) is 2. The second-order valence-electron chi connectivity index (χ2n) is 9.17. The first-order chi connectivity index (χ1) is 11.4. The van der Waals surface area contributed by atoms with Crippen molar-refractivity contribution in [2.24, 2.45) is 5.41 Å². The Morgan fingerprint density at radius 1 is 1.29 bits per heavy atom. The predicted octanol–water partition coefficient (Wildman–Crippen LogP) is 4.43. The van der Waals surface area contributed by atoms with Crippen molar-refractivity contribution in [2.45, 2.75) is 69.9 Å². The Kier molecular flexibility index (Phi) is 2.79. The summed E-state index contributed by atoms with van der Waals surface area (Å²) >= 11 is 0. The third-order valence-electron chi connectivity index (χ3n) is 7.92. The molecule has 1 aromatic rings. The highest BCUT2D eigenvalue weighted by molar-refractivity contribution is 5.61. The van der Waals surface area contributed by atoms with Crippen LogP contribution in [-0.4, -0.2) is 30.6 Å². The maximum atomic E-state index is 6.77. The van der Waals surface area contributed by atoms with Gasteiger partial charge in [-0.2, -0.15) is 0 Å². The Morgan fingerprint density at radius 3 is 2.83 bits per heavy atom. The Hall–Kier alpha value is -1.28. The molecule has 2 aliphatic heterocycles. The highest BCUT2D eigenvalue weighted by Crippen LogP contribution is 2.69. The maximum Gasteiger partial charge on any atom is 0.130 e. The van der Waals surface area contributed by atoms with Crippen LogP contribution < -0.4 is 4.74 Å². The molecule has 128 valence electrons. The van der Waals surface area contributed by atoms with Gasteiger partial charge in [-0.3, -0.25) is 0 Å². The summed E-state index contributed by atoms with van der Waals surface area (Å²) in [7, 11) is 2.32. The fourth-order valence-electron chi connectivity index (χ4n) is 6.61. The molecular weight excluding hydrogens is 294 g/mol. The normalized spacial score (nSPS) is 39.8. The van der Waals surface area contributed by atoms with Crippen LogP contribution in [0.4, 0.5) is 0 Å². The van der Waals surface area contributed by atoms with Crippen molar-refractivity contribution in [3.8, 4) is 5.75 Å². The van der Waals surface area contributed by atoms with E-state index < -0.39 is 0 Å². The van der Waals surface area contributed by atoms with Gasteiger partial charge in [0.15, 0.2) is 0 Å². The molecule has 2 heteroatoms. The van der Waals surface area contributed by atoms with Crippen molar-refractivity contribution in [1.82, 2.24) is 4.90 Å². The summed E-state index contributed by atoms with van der Waals surface area (Å²) in [5.41, 5.74) is 6.30. The highest BCUT2D eigenvalue weighted by Gasteiger charge is 2.69. The number of benzene rings is 1. The van der Waals surface area contributed by atoms with Crippen LogP contribution >= 0.6 is 0 Å². The van der Waals surface area contributed by atoms with Crippen LogP contribution in [0.2, 0.25) is 0 Å². The summed E-state index contributed by atoms with van der Waals surface area (Å²) < 4.78 is 6.77. The van der Waals surface area contributed by atoms with E-state index in [1.54, 1.807) is 11.1 Å². The lowest BCUT2D eigenvalue weighted by Crippen LogP contribution is -2.69. The van der Waals surface area contributed by atoms with Crippen molar-refractivity contribution >= 4 is 0 Å². The SMILES string of the molecule is C=C1CCC2(C)C3Cc4ccc(C(C)C)c5c4C2(CCN3C)C1O5. The third-order valence-corrected chi connectivity index (χ3v) is 7.92. The molecule has 4 atom stereocenters. The molecule has 0 N–H and O–H groups in total. The van der Waals surface area contributed by atoms with Crippen LogP contribution in [0.25, 0.3) is 0 Å². The first-order valence-electron chi connectivity index (χ1n) is 9.61. The average molecular weight is 323 g/mol. The second kappa shape index (κ2) is 4.46. The fraction of sp³-hybridized carbons (Fsp3) is 0.636. The van der Waals surface area contributed by atoms with Crippen molar-refractivity contribution in [3.63, 3.8) is 0 Å². The molecule has 2 bridgehead atoms. The van der Waals surface area contributed by atoms with Gasteiger partial charge in [-0.25, -0.2) is 0 Å². The van der Waals surface area contributed by atoms with Crippen LogP contribution in [-0.2, 0) is 11.8 Å². The van der Waals surface area contributed by atoms with E-state index >= 15 is 0 Å². The van der Waals surface area contributed by atoms with E-state index in [1.165, 1.54) is 42.7 Å². The van der Waals surface area contributed by atoms with Gasteiger partial charge in [0.25, 0.3) is 0 Å². The number of nitrogens with zero attached hydrogens (tertiary/aromatic N) is 1. The van der Waals surface area contributed by atoms with Gasteiger partial charge in [0.05, 0.1) is 0 Å². The standard InChI is InChI=1S/C22H29NO/c1-13(2)16-7-6-15-12-17-21(4)9-8-14(3)20-22(21,10-11-23(17)5)18(15)19(16)24-20/h6-7,13,17,20H,3,8-12H2,1-2,4-5H3. The Balaban J connectivity index is 1.85. The number of likely N-dealkylation sites (N-methyl/N-ethyl adjacent to an activating group) is 1. The van der Waals surface area contributed by atoms with E-state index in [-0.39, 0.29) is 11.5 Å². The van der Waals surface area contributed by atoms with Crippen molar-refractivity contribution in [3.05, 3.63) is 41.0 Å². The molecule has 2 aliphatic carbocycles. The predicted molar refractivity (Wildman–Crippen MR) is 97.8 cm³/mol. The van der Waals surface area contributed by atoms with Crippen LogP contribution in [0.15, 0.2) is 24.3 Å². The summed E-state index contributed by atoms with van der Waals surface area (Å²) in [5.74, 6) is 1.73. The number of rotatable bonds is 1. The van der Waals surface area contributed by atoms with Gasteiger partial charge in [-0.05, 0) is 67.3 Å². The van der Waals surface area contributed by atoms with E-state index in [0.29, 0.717) is 17.4 Å². The lowest BCUT2D eigenvalue weighted by Gasteiger charge is -2.64. The zero-order valence-electron chi connectivity index (χ0n) is 15.5. The number of likely N-dealkylation sites (tertiary alicyclic amines) is 1. The van der Waals surface area contributed by atoms with E-state index in [4.69, 9.17) is 4.74 Å². The average Bonchev–Trinajstić information content (AvgIpc) is 2.89. The van der Waals surface area contributed by atoms with Gasteiger partial charge in [0, 0.05) is 17.0 Å². The minimum Gasteiger partial charge on any atom is -0.485 e. The second-order valence-corrected chi connectivity index (χ2v) is 9.17. The molecule has 24 heavy (non-hydrogen) atoms. The Labute approximate surface area is 145 Å². The maximum absolute atomic E-state index is 6.77. The molecule has 2 fully saturated rings. The Morgan fingerprint density at radius 2 is 2.08 bits per heavy atom. The van der Waals surface area contributed by atoms with Crippen LogP contribution in [0, 0.1) is 5.41 Å². The minimum absolute atomic E-state index is 0.160. The molecule has 0 aromatic heterocycles. The summed E-state index contributed by atoms with van der Waals surface area (Å²) in [6, 6.07) is 5.37. The molecule has 2 heterocycles. The molecule has 0 radical (unpaired) electrons.